The van der Waals surface area contributed by atoms with E-state index < -0.39 is 78.9 Å². The van der Waals surface area contributed by atoms with Gasteiger partial charge in [-0.3, -0.25) is 35.2 Å². The Morgan fingerprint density at radius 1 is 0.794 bits per heavy atom. The number of hydrogen-bond acceptors (Lipinski definition) is 9. The van der Waals surface area contributed by atoms with Crippen LogP contribution in [-0.4, -0.2) is 36.9 Å². The molecule has 3 fully saturated rings. The largest absolute Gasteiger partial charge is 0.569 e. The van der Waals surface area contributed by atoms with Gasteiger partial charge in [-0.05, 0) is 25.7 Å². The lowest BCUT2D eigenvalue weighted by Crippen LogP contribution is -2.70. The minimum absolute atomic E-state index is 0.00115. The van der Waals surface area contributed by atoms with Crippen molar-refractivity contribution < 1.29 is 46.4 Å². The first-order valence-corrected chi connectivity index (χ1v) is 9.95. The Morgan fingerprint density at radius 2 is 1.26 bits per heavy atom. The van der Waals surface area contributed by atoms with Gasteiger partial charge >= 0.3 is 5.79 Å². The van der Waals surface area contributed by atoms with E-state index in [1.165, 1.54) is 0 Å². The maximum Gasteiger partial charge on any atom is 0.569 e. The summed E-state index contributed by atoms with van der Waals surface area (Å²) >= 11 is 0. The van der Waals surface area contributed by atoms with Crippen molar-refractivity contribution in [1.82, 2.24) is 5.23 Å². The Bertz CT molecular complexity index is 1050. The third kappa shape index (κ3) is 2.92. The third-order valence-electron chi connectivity index (χ3n) is 6.92. The second kappa shape index (κ2) is 7.74. The lowest BCUT2D eigenvalue weighted by atomic mass is 9.57. The maximum absolute atomic E-state index is 14.3. The SMILES string of the molecule is O=[N+]([O-])C1([N+](=O)[O-])C[C@H](c2c(F)c(F)c(F)c(F)c2F)ON1OC1(C2([N+](=O)[O-])CCC2)CCC1. The summed E-state index contributed by atoms with van der Waals surface area (Å²) in [6.07, 6.45) is -3.22. The molecule has 1 aliphatic heterocycles. The Morgan fingerprint density at radius 3 is 1.62 bits per heavy atom. The molecular formula is C17H15F5N4O8. The van der Waals surface area contributed by atoms with Crippen LogP contribution in [0.15, 0.2) is 0 Å². The highest BCUT2D eigenvalue weighted by molar-refractivity contribution is 5.27. The van der Waals surface area contributed by atoms with Crippen molar-refractivity contribution in [2.75, 3.05) is 0 Å². The number of benzene rings is 1. The molecule has 186 valence electrons. The molecule has 0 aromatic heterocycles. The number of hydroxylamine groups is 2. The molecule has 1 saturated heterocycles. The van der Waals surface area contributed by atoms with Crippen LogP contribution in [0.1, 0.15) is 56.6 Å². The van der Waals surface area contributed by atoms with Crippen molar-refractivity contribution in [3.05, 3.63) is 65.0 Å². The summed E-state index contributed by atoms with van der Waals surface area (Å²) < 4.78 is 69.4. The van der Waals surface area contributed by atoms with Crippen molar-refractivity contribution in [2.45, 2.75) is 68.0 Å². The van der Waals surface area contributed by atoms with Gasteiger partial charge in [0.15, 0.2) is 28.9 Å². The molecule has 0 amide bonds. The molecule has 1 heterocycles. The van der Waals surface area contributed by atoms with Gasteiger partial charge in [0.05, 0.1) is 10.8 Å². The van der Waals surface area contributed by atoms with Crippen LogP contribution in [0, 0.1) is 59.4 Å². The standard InChI is InChI=1S/C17H15F5N4O8/c18-10-9(11(19)13(21)14(22)12(10)20)8-7-17(24(29)30,25(31)32)26(33-8)34-16(5-2-6-16)15(23(27)28)3-1-4-15/h8H,1-7H2/t8-/m1/s1. The van der Waals surface area contributed by atoms with Crippen LogP contribution in [0.3, 0.4) is 0 Å². The summed E-state index contributed by atoms with van der Waals surface area (Å²) in [6, 6.07) is 0. The van der Waals surface area contributed by atoms with Gasteiger partial charge in [-0.25, -0.2) is 26.8 Å². The van der Waals surface area contributed by atoms with Crippen LogP contribution >= 0.6 is 0 Å². The average molecular weight is 498 g/mol. The topological polar surface area (TPSA) is 151 Å². The molecule has 0 unspecified atom stereocenters. The number of nitro groups is 3. The van der Waals surface area contributed by atoms with E-state index in [1.54, 1.807) is 0 Å². The molecule has 34 heavy (non-hydrogen) atoms. The monoisotopic (exact) mass is 498 g/mol. The van der Waals surface area contributed by atoms with E-state index in [9.17, 15) is 52.3 Å². The van der Waals surface area contributed by atoms with Crippen LogP contribution < -0.4 is 0 Å². The molecule has 1 aromatic carbocycles. The highest BCUT2D eigenvalue weighted by atomic mass is 19.2. The molecule has 3 aliphatic rings. The Balaban J connectivity index is 1.80. The molecule has 0 N–H and O–H groups in total. The fourth-order valence-corrected chi connectivity index (χ4v) is 4.68. The van der Waals surface area contributed by atoms with E-state index in [2.05, 4.69) is 0 Å². The zero-order valence-corrected chi connectivity index (χ0v) is 17.0. The molecule has 17 heteroatoms. The third-order valence-corrected chi connectivity index (χ3v) is 6.92. The normalized spacial score (nSPS) is 24.8. The molecule has 1 aromatic rings. The summed E-state index contributed by atoms with van der Waals surface area (Å²) in [5.41, 5.74) is -5.18. The van der Waals surface area contributed by atoms with Crippen molar-refractivity contribution in [3.8, 4) is 0 Å². The van der Waals surface area contributed by atoms with Crippen molar-refractivity contribution in [3.63, 3.8) is 0 Å². The summed E-state index contributed by atoms with van der Waals surface area (Å²) in [4.78, 5) is 42.1. The van der Waals surface area contributed by atoms with E-state index in [4.69, 9.17) is 9.68 Å². The predicted molar refractivity (Wildman–Crippen MR) is 94.5 cm³/mol. The Kier molecular flexibility index (Phi) is 5.48. The fourth-order valence-electron chi connectivity index (χ4n) is 4.68. The van der Waals surface area contributed by atoms with Crippen LogP contribution in [0.4, 0.5) is 22.0 Å². The molecule has 2 saturated carbocycles. The van der Waals surface area contributed by atoms with E-state index >= 15 is 0 Å². The highest BCUT2D eigenvalue weighted by Gasteiger charge is 2.77. The van der Waals surface area contributed by atoms with Crippen LogP contribution in [0.5, 0.6) is 0 Å². The first kappa shape index (κ1) is 24.1. The van der Waals surface area contributed by atoms with Crippen molar-refractivity contribution in [1.29, 1.82) is 0 Å². The number of nitrogens with zero attached hydrogens (tertiary/aromatic N) is 4. The molecule has 0 spiro atoms. The second-order valence-electron chi connectivity index (χ2n) is 8.41. The van der Waals surface area contributed by atoms with Gasteiger partial charge in [-0.15, -0.1) is 0 Å². The summed E-state index contributed by atoms with van der Waals surface area (Å²) in [6.45, 7) is 0. The smallest absolute Gasteiger partial charge is 0.264 e. The van der Waals surface area contributed by atoms with Gasteiger partial charge in [-0.1, -0.05) is 0 Å². The fraction of sp³-hybridized carbons (Fsp3) is 0.647. The lowest BCUT2D eigenvalue weighted by Gasteiger charge is -2.53. The van der Waals surface area contributed by atoms with E-state index in [0.717, 1.165) is 0 Å². The first-order chi connectivity index (χ1) is 15.8. The second-order valence-corrected chi connectivity index (χ2v) is 8.41. The minimum Gasteiger partial charge on any atom is -0.264 e. The Labute approximate surface area is 185 Å². The number of hydrogen-bond donors (Lipinski definition) is 0. The van der Waals surface area contributed by atoms with Gasteiger partial charge in [0, 0.05) is 17.8 Å². The first-order valence-electron chi connectivity index (χ1n) is 9.95. The van der Waals surface area contributed by atoms with Gasteiger partial charge < -0.3 is 0 Å². The van der Waals surface area contributed by atoms with Crippen molar-refractivity contribution >= 4 is 0 Å². The molecule has 4 rings (SSSR count). The molecule has 0 radical (unpaired) electrons. The quantitative estimate of drug-likeness (QED) is 0.138. The van der Waals surface area contributed by atoms with Crippen LogP contribution in [0.25, 0.3) is 0 Å². The molecule has 12 nitrogen and oxygen atoms in total. The van der Waals surface area contributed by atoms with Gasteiger partial charge in [0.1, 0.15) is 22.4 Å². The lowest BCUT2D eigenvalue weighted by molar-refractivity contribution is -0.855. The molecule has 0 bridgehead atoms. The van der Waals surface area contributed by atoms with E-state index in [0.29, 0.717) is 12.8 Å². The molecule has 2 aliphatic carbocycles. The average Bonchev–Trinajstić information content (AvgIpc) is 3.08. The number of halogens is 5. The van der Waals surface area contributed by atoms with E-state index in [-0.39, 0.29) is 30.9 Å². The van der Waals surface area contributed by atoms with Crippen LogP contribution in [-0.2, 0) is 9.68 Å². The van der Waals surface area contributed by atoms with E-state index in [1.807, 2.05) is 0 Å². The van der Waals surface area contributed by atoms with Crippen molar-refractivity contribution in [2.24, 2.45) is 0 Å². The van der Waals surface area contributed by atoms with Gasteiger partial charge in [0.25, 0.3) is 5.54 Å². The molecule has 1 atom stereocenters. The zero-order valence-electron chi connectivity index (χ0n) is 17.0. The summed E-state index contributed by atoms with van der Waals surface area (Å²) in [5.74, 6) is -15.7. The summed E-state index contributed by atoms with van der Waals surface area (Å²) in [5, 5.41) is 35.1. The highest BCUT2D eigenvalue weighted by Crippen LogP contribution is 2.57. The Hall–Kier alpha value is -3.05. The minimum atomic E-state index is -3.59. The summed E-state index contributed by atoms with van der Waals surface area (Å²) in [7, 11) is 0. The maximum atomic E-state index is 14.3. The van der Waals surface area contributed by atoms with Gasteiger partial charge in [-0.2, -0.15) is 0 Å². The zero-order chi connectivity index (χ0) is 25.2. The van der Waals surface area contributed by atoms with Crippen LogP contribution in [0.2, 0.25) is 0 Å². The predicted octanol–water partition coefficient (Wildman–Crippen LogP) is 3.32. The van der Waals surface area contributed by atoms with Gasteiger partial charge in [0.2, 0.25) is 5.82 Å². The molecular weight excluding hydrogens is 483 g/mol. The number of rotatable bonds is 7.